The molecule has 0 bridgehead atoms. The zero-order valence-corrected chi connectivity index (χ0v) is 8.16. The van der Waals surface area contributed by atoms with Crippen molar-refractivity contribution in [3.05, 3.63) is 35.4 Å². The van der Waals surface area contributed by atoms with E-state index < -0.39 is 6.10 Å². The number of hydrogen-bond acceptors (Lipinski definition) is 2. The third-order valence-electron chi connectivity index (χ3n) is 2.08. The fraction of sp³-hybridized carbons (Fsp3) is 0.455. The van der Waals surface area contributed by atoms with Crippen molar-refractivity contribution in [2.75, 3.05) is 13.7 Å². The molecule has 0 aromatic heterocycles. The lowest BCUT2D eigenvalue weighted by Gasteiger charge is -2.10. The Morgan fingerprint density at radius 3 is 2.69 bits per heavy atom. The summed E-state index contributed by atoms with van der Waals surface area (Å²) in [5, 5.41) is 9.50. The molecule has 1 unspecified atom stereocenters. The van der Waals surface area contributed by atoms with Gasteiger partial charge in [-0.05, 0) is 18.1 Å². The van der Waals surface area contributed by atoms with Gasteiger partial charge in [-0.25, -0.2) is 0 Å². The van der Waals surface area contributed by atoms with Crippen molar-refractivity contribution in [1.82, 2.24) is 0 Å². The average molecular weight is 180 g/mol. The van der Waals surface area contributed by atoms with E-state index in [-0.39, 0.29) is 0 Å². The maximum absolute atomic E-state index is 9.50. The maximum Gasteiger partial charge on any atom is 0.0813 e. The van der Waals surface area contributed by atoms with E-state index in [0.29, 0.717) is 13.0 Å². The van der Waals surface area contributed by atoms with E-state index in [1.54, 1.807) is 7.11 Å². The molecular weight excluding hydrogens is 164 g/mol. The second-order valence-corrected chi connectivity index (χ2v) is 3.24. The number of rotatable bonds is 4. The van der Waals surface area contributed by atoms with Gasteiger partial charge in [0, 0.05) is 13.5 Å². The SMILES string of the molecule is COCC(O)Cc1ccccc1C. The van der Waals surface area contributed by atoms with Crippen molar-refractivity contribution in [1.29, 1.82) is 0 Å². The van der Waals surface area contributed by atoms with Crippen molar-refractivity contribution in [2.24, 2.45) is 0 Å². The Morgan fingerprint density at radius 2 is 2.08 bits per heavy atom. The molecule has 0 aliphatic heterocycles. The summed E-state index contributed by atoms with van der Waals surface area (Å²) in [6, 6.07) is 8.08. The summed E-state index contributed by atoms with van der Waals surface area (Å²) in [5.74, 6) is 0. The molecule has 0 fully saturated rings. The molecule has 0 radical (unpaired) electrons. The molecule has 0 spiro atoms. The first-order valence-electron chi connectivity index (χ1n) is 4.45. The van der Waals surface area contributed by atoms with Crippen LogP contribution in [-0.2, 0) is 11.2 Å². The van der Waals surface area contributed by atoms with Crippen molar-refractivity contribution in [3.63, 3.8) is 0 Å². The first kappa shape index (κ1) is 10.2. The molecule has 0 saturated heterocycles. The first-order valence-corrected chi connectivity index (χ1v) is 4.45. The molecule has 1 rings (SSSR count). The highest BCUT2D eigenvalue weighted by Crippen LogP contribution is 2.09. The Bertz CT molecular complexity index is 258. The molecule has 72 valence electrons. The van der Waals surface area contributed by atoms with Gasteiger partial charge in [0.05, 0.1) is 12.7 Å². The van der Waals surface area contributed by atoms with E-state index in [2.05, 4.69) is 13.0 Å². The average Bonchev–Trinajstić information content (AvgIpc) is 2.09. The third kappa shape index (κ3) is 3.17. The highest BCUT2D eigenvalue weighted by molar-refractivity contribution is 5.26. The highest BCUT2D eigenvalue weighted by atomic mass is 16.5. The topological polar surface area (TPSA) is 29.5 Å². The van der Waals surface area contributed by atoms with Crippen molar-refractivity contribution in [2.45, 2.75) is 19.4 Å². The summed E-state index contributed by atoms with van der Waals surface area (Å²) in [5.41, 5.74) is 2.41. The van der Waals surface area contributed by atoms with E-state index in [1.807, 2.05) is 18.2 Å². The van der Waals surface area contributed by atoms with Gasteiger partial charge < -0.3 is 9.84 Å². The van der Waals surface area contributed by atoms with Crippen LogP contribution in [0.15, 0.2) is 24.3 Å². The molecule has 2 nitrogen and oxygen atoms in total. The van der Waals surface area contributed by atoms with Crippen LogP contribution in [0.2, 0.25) is 0 Å². The Morgan fingerprint density at radius 1 is 1.38 bits per heavy atom. The Labute approximate surface area is 79.2 Å². The van der Waals surface area contributed by atoms with Crippen molar-refractivity contribution >= 4 is 0 Å². The Hall–Kier alpha value is -0.860. The fourth-order valence-corrected chi connectivity index (χ4v) is 1.34. The number of ether oxygens (including phenoxy) is 1. The molecule has 2 heteroatoms. The number of methoxy groups -OCH3 is 1. The minimum absolute atomic E-state index is 0.397. The summed E-state index contributed by atoms with van der Waals surface area (Å²) >= 11 is 0. The summed E-state index contributed by atoms with van der Waals surface area (Å²) in [6.45, 7) is 2.45. The van der Waals surface area contributed by atoms with Crippen molar-refractivity contribution < 1.29 is 9.84 Å². The first-order chi connectivity index (χ1) is 6.24. The number of benzene rings is 1. The van der Waals surface area contributed by atoms with Crippen LogP contribution in [-0.4, -0.2) is 24.9 Å². The van der Waals surface area contributed by atoms with Gasteiger partial charge in [-0.3, -0.25) is 0 Å². The lowest BCUT2D eigenvalue weighted by Crippen LogP contribution is -2.17. The molecule has 1 N–H and O–H groups in total. The predicted octanol–water partition coefficient (Wildman–Crippen LogP) is 1.54. The van der Waals surface area contributed by atoms with Gasteiger partial charge in [0.1, 0.15) is 0 Å². The van der Waals surface area contributed by atoms with Crippen LogP contribution in [0.3, 0.4) is 0 Å². The number of aliphatic hydroxyl groups excluding tert-OH is 1. The van der Waals surface area contributed by atoms with Crippen molar-refractivity contribution in [3.8, 4) is 0 Å². The zero-order valence-electron chi connectivity index (χ0n) is 8.16. The molecule has 0 amide bonds. The van der Waals surface area contributed by atoms with Gasteiger partial charge >= 0.3 is 0 Å². The maximum atomic E-state index is 9.50. The van der Waals surface area contributed by atoms with Crippen LogP contribution in [0.5, 0.6) is 0 Å². The quantitative estimate of drug-likeness (QED) is 0.761. The summed E-state index contributed by atoms with van der Waals surface area (Å²) in [4.78, 5) is 0. The molecule has 0 aliphatic carbocycles. The summed E-state index contributed by atoms with van der Waals surface area (Å²) in [6.07, 6.45) is 0.270. The van der Waals surface area contributed by atoms with Gasteiger partial charge in [0.2, 0.25) is 0 Å². The zero-order chi connectivity index (χ0) is 9.68. The number of aryl methyl sites for hydroxylation is 1. The highest BCUT2D eigenvalue weighted by Gasteiger charge is 2.05. The largest absolute Gasteiger partial charge is 0.390 e. The molecule has 1 aromatic rings. The molecule has 1 atom stereocenters. The van der Waals surface area contributed by atoms with E-state index in [4.69, 9.17) is 4.74 Å². The lowest BCUT2D eigenvalue weighted by atomic mass is 10.0. The smallest absolute Gasteiger partial charge is 0.0813 e. The van der Waals surface area contributed by atoms with Crippen LogP contribution in [0.1, 0.15) is 11.1 Å². The third-order valence-corrected chi connectivity index (χ3v) is 2.08. The van der Waals surface area contributed by atoms with Gasteiger partial charge in [0.25, 0.3) is 0 Å². The van der Waals surface area contributed by atoms with E-state index in [0.717, 1.165) is 0 Å². The minimum atomic E-state index is -0.397. The molecule has 1 aromatic carbocycles. The Balaban J connectivity index is 2.58. The predicted molar refractivity (Wildman–Crippen MR) is 52.8 cm³/mol. The molecule has 0 aliphatic rings. The standard InChI is InChI=1S/C11H16O2/c1-9-5-3-4-6-10(9)7-11(12)8-13-2/h3-6,11-12H,7-8H2,1-2H3. The molecule has 13 heavy (non-hydrogen) atoms. The van der Waals surface area contributed by atoms with Gasteiger partial charge in [-0.2, -0.15) is 0 Å². The second kappa shape index (κ2) is 5.00. The summed E-state index contributed by atoms with van der Waals surface area (Å²) in [7, 11) is 1.60. The lowest BCUT2D eigenvalue weighted by molar-refractivity contribution is 0.0649. The number of aliphatic hydroxyl groups is 1. The molecule has 0 heterocycles. The van der Waals surface area contributed by atoms with Gasteiger partial charge in [-0.15, -0.1) is 0 Å². The van der Waals surface area contributed by atoms with Crippen LogP contribution in [0, 0.1) is 6.92 Å². The van der Waals surface area contributed by atoms with Gasteiger partial charge in [-0.1, -0.05) is 24.3 Å². The van der Waals surface area contributed by atoms with Crippen LogP contribution >= 0.6 is 0 Å². The monoisotopic (exact) mass is 180 g/mol. The normalized spacial score (nSPS) is 12.8. The van der Waals surface area contributed by atoms with Crippen LogP contribution in [0.4, 0.5) is 0 Å². The van der Waals surface area contributed by atoms with E-state index in [9.17, 15) is 5.11 Å². The van der Waals surface area contributed by atoms with Crippen LogP contribution in [0.25, 0.3) is 0 Å². The summed E-state index contributed by atoms with van der Waals surface area (Å²) < 4.78 is 4.87. The second-order valence-electron chi connectivity index (χ2n) is 3.24. The minimum Gasteiger partial charge on any atom is -0.390 e. The fourth-order valence-electron chi connectivity index (χ4n) is 1.34. The van der Waals surface area contributed by atoms with E-state index >= 15 is 0 Å². The van der Waals surface area contributed by atoms with Gasteiger partial charge in [0.15, 0.2) is 0 Å². The van der Waals surface area contributed by atoms with E-state index in [1.165, 1.54) is 11.1 Å². The number of hydrogen-bond donors (Lipinski definition) is 1. The Kier molecular flexibility index (Phi) is 3.93. The molecular formula is C11H16O2. The molecule has 0 saturated carbocycles. The van der Waals surface area contributed by atoms with Crippen LogP contribution < -0.4 is 0 Å².